The Labute approximate surface area is 350 Å². The van der Waals surface area contributed by atoms with Crippen LogP contribution in [0.15, 0.2) is 59.3 Å². The van der Waals surface area contributed by atoms with E-state index in [4.69, 9.17) is 42.6 Å². The number of rotatable bonds is 10. The van der Waals surface area contributed by atoms with E-state index in [1.807, 2.05) is 25.2 Å². The van der Waals surface area contributed by atoms with Crippen LogP contribution >= 0.6 is 0 Å². The molecule has 0 aromatic rings. The van der Waals surface area contributed by atoms with Crippen LogP contribution in [-0.4, -0.2) is 122 Å². The van der Waals surface area contributed by atoms with Gasteiger partial charge >= 0.3 is 11.9 Å². The van der Waals surface area contributed by atoms with E-state index in [0.717, 1.165) is 12.0 Å². The van der Waals surface area contributed by atoms with E-state index in [9.17, 15) is 19.8 Å². The lowest BCUT2D eigenvalue weighted by Crippen LogP contribution is -2.58. The zero-order chi connectivity index (χ0) is 42.6. The second-order valence-corrected chi connectivity index (χ2v) is 17.7. The number of ether oxygens (including phenoxy) is 9. The Kier molecular flexibility index (Phi) is 15.2. The highest BCUT2D eigenvalue weighted by Gasteiger charge is 2.60. The Morgan fingerprint density at radius 1 is 1.05 bits per heavy atom. The van der Waals surface area contributed by atoms with Crippen LogP contribution in [0.3, 0.4) is 0 Å². The van der Waals surface area contributed by atoms with Gasteiger partial charge in [0.1, 0.15) is 49.3 Å². The third-order valence-electron chi connectivity index (χ3n) is 13.4. The van der Waals surface area contributed by atoms with Gasteiger partial charge < -0.3 is 52.8 Å². The molecule has 5 heterocycles. The van der Waals surface area contributed by atoms with Gasteiger partial charge in [-0.1, -0.05) is 76.1 Å². The number of fused-ring (bicyclic) bond motifs is 2. The first-order valence-electron chi connectivity index (χ1n) is 21.6. The summed E-state index contributed by atoms with van der Waals surface area (Å²) in [6, 6.07) is 0. The molecule has 2 bridgehead atoms. The fourth-order valence-electron chi connectivity index (χ4n) is 10.0. The van der Waals surface area contributed by atoms with Gasteiger partial charge in [0.25, 0.3) is 0 Å². The van der Waals surface area contributed by atoms with Crippen LogP contribution in [0.25, 0.3) is 0 Å². The second-order valence-electron chi connectivity index (χ2n) is 17.7. The maximum atomic E-state index is 14.3. The molecule has 5 unspecified atom stereocenters. The number of hydrogen-bond acceptors (Lipinski definition) is 13. The molecule has 59 heavy (non-hydrogen) atoms. The molecule has 2 N–H and O–H groups in total. The molecule has 13 nitrogen and oxygen atoms in total. The summed E-state index contributed by atoms with van der Waals surface area (Å²) < 4.78 is 55.7. The predicted molar refractivity (Wildman–Crippen MR) is 218 cm³/mol. The fourth-order valence-corrected chi connectivity index (χ4v) is 10.0. The quantitative estimate of drug-likeness (QED) is 0.120. The average molecular weight is 829 g/mol. The van der Waals surface area contributed by atoms with Crippen molar-refractivity contribution in [1.82, 2.24) is 0 Å². The third-order valence-corrected chi connectivity index (χ3v) is 13.4. The SMILES string of the molecule is CCC(C)[C@H]1OC2(C=C[C@@H]1C)CC1C[C@@H](C/C=C(\C)[C@@H](C3CC(OC)[C@@H](OCOCCOC(C)=O)[C@H](C)O3)[C@@H](C)/C=C/C=C3\CO[C@@H]4[C@H](O)C(C)=C[C@@H](C(=O)O1)[C@]34O)O2. The molecule has 3 saturated heterocycles. The number of methoxy groups -OCH3 is 1. The van der Waals surface area contributed by atoms with Gasteiger partial charge in [-0.2, -0.15) is 0 Å². The summed E-state index contributed by atoms with van der Waals surface area (Å²) in [6.07, 6.45) is 12.2. The smallest absolute Gasteiger partial charge is 0.316 e. The monoisotopic (exact) mass is 828 g/mol. The van der Waals surface area contributed by atoms with Gasteiger partial charge in [-0.15, -0.1) is 0 Å². The number of allylic oxidation sites excluding steroid dienone is 3. The molecule has 6 rings (SSSR count). The van der Waals surface area contributed by atoms with Crippen molar-refractivity contribution in [3.63, 3.8) is 0 Å². The molecule has 0 amide bonds. The summed E-state index contributed by atoms with van der Waals surface area (Å²) in [5.74, 6) is -2.80. The van der Waals surface area contributed by atoms with Crippen LogP contribution in [0.5, 0.6) is 0 Å². The molecule has 1 spiro atoms. The maximum Gasteiger partial charge on any atom is 0.316 e. The molecule has 3 fully saturated rings. The minimum Gasteiger partial charge on any atom is -0.463 e. The molecule has 0 aromatic heterocycles. The highest BCUT2D eigenvalue weighted by Crippen LogP contribution is 2.47. The number of esters is 2. The summed E-state index contributed by atoms with van der Waals surface area (Å²) in [5, 5.41) is 23.7. The molecule has 0 radical (unpaired) electrons. The average Bonchev–Trinajstić information content (AvgIpc) is 3.53. The Hall–Kier alpha value is -2.72. The first-order valence-corrected chi connectivity index (χ1v) is 21.6. The second kappa shape index (κ2) is 19.5. The molecular weight excluding hydrogens is 760 g/mol. The van der Waals surface area contributed by atoms with Gasteiger partial charge in [-0.3, -0.25) is 9.59 Å². The van der Waals surface area contributed by atoms with Gasteiger partial charge in [0.2, 0.25) is 0 Å². The van der Waals surface area contributed by atoms with Crippen LogP contribution in [0, 0.1) is 29.6 Å². The molecule has 13 heteroatoms. The summed E-state index contributed by atoms with van der Waals surface area (Å²) in [4.78, 5) is 25.4. The van der Waals surface area contributed by atoms with Crippen molar-refractivity contribution in [2.24, 2.45) is 29.6 Å². The van der Waals surface area contributed by atoms with E-state index in [1.165, 1.54) is 6.92 Å². The first-order chi connectivity index (χ1) is 28.1. The van der Waals surface area contributed by atoms with Gasteiger partial charge in [0, 0.05) is 45.1 Å². The summed E-state index contributed by atoms with van der Waals surface area (Å²) in [5.41, 5.74) is 0.340. The van der Waals surface area contributed by atoms with Gasteiger partial charge in [-0.25, -0.2) is 0 Å². The Morgan fingerprint density at radius 3 is 2.56 bits per heavy atom. The largest absolute Gasteiger partial charge is 0.463 e. The zero-order valence-corrected chi connectivity index (χ0v) is 36.4. The van der Waals surface area contributed by atoms with Crippen molar-refractivity contribution in [2.45, 2.75) is 154 Å². The van der Waals surface area contributed by atoms with Crippen LogP contribution < -0.4 is 0 Å². The summed E-state index contributed by atoms with van der Waals surface area (Å²) in [6.45, 7) is 16.3. The van der Waals surface area contributed by atoms with Gasteiger partial charge in [0.15, 0.2) is 5.79 Å². The molecule has 330 valence electrons. The van der Waals surface area contributed by atoms with Crippen molar-refractivity contribution in [3.8, 4) is 0 Å². The molecule has 0 aromatic carbocycles. The van der Waals surface area contributed by atoms with Crippen molar-refractivity contribution >= 4 is 11.9 Å². The topological polar surface area (TPSA) is 158 Å². The van der Waals surface area contributed by atoms with Crippen LogP contribution in [0.1, 0.15) is 87.5 Å². The van der Waals surface area contributed by atoms with E-state index in [0.29, 0.717) is 36.8 Å². The minimum absolute atomic E-state index is 0.000403. The molecule has 1 aliphatic carbocycles. The van der Waals surface area contributed by atoms with E-state index < -0.39 is 41.6 Å². The summed E-state index contributed by atoms with van der Waals surface area (Å²) in [7, 11) is 1.68. The highest BCUT2D eigenvalue weighted by atomic mass is 16.7. The Balaban J connectivity index is 1.33. The minimum atomic E-state index is -1.82. The van der Waals surface area contributed by atoms with Crippen molar-refractivity contribution in [3.05, 3.63) is 59.3 Å². The summed E-state index contributed by atoms with van der Waals surface area (Å²) >= 11 is 0. The van der Waals surface area contributed by atoms with Crippen molar-refractivity contribution in [1.29, 1.82) is 0 Å². The van der Waals surface area contributed by atoms with E-state index in [-0.39, 0.29) is 92.9 Å². The number of carbonyl (C=O) groups is 2. The first kappa shape index (κ1) is 45.8. The number of aliphatic hydroxyl groups is 2. The van der Waals surface area contributed by atoms with Gasteiger partial charge in [0.05, 0.1) is 43.7 Å². The Bertz CT molecular complexity index is 1640. The van der Waals surface area contributed by atoms with Crippen molar-refractivity contribution < 1.29 is 62.4 Å². The van der Waals surface area contributed by atoms with Crippen LogP contribution in [0.4, 0.5) is 0 Å². The molecule has 6 aliphatic rings. The highest BCUT2D eigenvalue weighted by molar-refractivity contribution is 5.78. The third kappa shape index (κ3) is 10.00. The normalized spacial score (nSPS) is 44.3. The molecule has 0 saturated carbocycles. The lowest BCUT2D eigenvalue weighted by molar-refractivity contribution is -0.300. The zero-order valence-electron chi connectivity index (χ0n) is 36.4. The molecule has 16 atom stereocenters. The number of aliphatic hydroxyl groups excluding tert-OH is 1. The Morgan fingerprint density at radius 2 is 1.83 bits per heavy atom. The van der Waals surface area contributed by atoms with Gasteiger partial charge in [-0.05, 0) is 56.3 Å². The maximum absolute atomic E-state index is 14.3. The fraction of sp³-hybridized carbons (Fsp3) is 0.739. The predicted octanol–water partition coefficient (Wildman–Crippen LogP) is 5.68. The molecule has 5 aliphatic heterocycles. The lowest BCUT2D eigenvalue weighted by atomic mass is 9.71. The number of carbonyl (C=O) groups excluding carboxylic acids is 2. The van der Waals surface area contributed by atoms with Crippen LogP contribution in [0.2, 0.25) is 0 Å². The standard InChI is InChI=1S/C46H68O13/c1-10-26(2)41-29(5)16-17-45(59-41)23-35-21-34(58-45)15-14-28(4)39(37-22-38(51-9)42(31(7)56-37)55-25-52-18-19-53-32(8)47)27(3)12-11-13-33-24-54-43-40(48)30(6)20-36(44(49)57-35)46(33,43)50/h11-14,16-17,20,26-27,29,31,34-43,48,50H,10,15,18-19,21-25H2,1-9H3/b12-11+,28-14+,33-13+/t26?,27-,29-,31-,34+,35?,36-,37?,38?,39-,40+,41+,42-,43+,45?,46+/m0/s1. The van der Waals surface area contributed by atoms with Crippen LogP contribution in [-0.2, 0) is 52.2 Å². The number of hydrogen-bond donors (Lipinski definition) is 2. The van der Waals surface area contributed by atoms with Crippen molar-refractivity contribution in [2.75, 3.05) is 33.7 Å². The van der Waals surface area contributed by atoms with E-state index in [1.54, 1.807) is 20.1 Å². The molecular formula is C46H68O13. The van der Waals surface area contributed by atoms with E-state index in [2.05, 4.69) is 52.8 Å². The lowest BCUT2D eigenvalue weighted by Gasteiger charge is -2.48. The van der Waals surface area contributed by atoms with E-state index >= 15 is 0 Å².